The molecule has 0 saturated heterocycles. The summed E-state index contributed by atoms with van der Waals surface area (Å²) in [5, 5.41) is 14.3. The molecule has 6 heteroatoms. The van der Waals surface area contributed by atoms with Crippen LogP contribution in [0.25, 0.3) is 0 Å². The quantitative estimate of drug-likeness (QED) is 0.685. The van der Waals surface area contributed by atoms with Crippen LogP contribution >= 0.6 is 23.2 Å². The molecule has 0 aromatic heterocycles. The van der Waals surface area contributed by atoms with Gasteiger partial charge in [-0.25, -0.2) is 0 Å². The SMILES string of the molecule is CN(C)CCOCCNCC(O)c1cc(Cl)ccc1Cl. The first-order valence-corrected chi connectivity index (χ1v) is 7.32. The van der Waals surface area contributed by atoms with Gasteiger partial charge in [-0.3, -0.25) is 0 Å². The molecule has 1 aromatic carbocycles. The van der Waals surface area contributed by atoms with Crippen molar-refractivity contribution in [2.45, 2.75) is 6.10 Å². The van der Waals surface area contributed by atoms with E-state index >= 15 is 0 Å². The number of benzene rings is 1. The number of hydrogen-bond donors (Lipinski definition) is 2. The number of aliphatic hydroxyl groups is 1. The van der Waals surface area contributed by atoms with E-state index < -0.39 is 6.10 Å². The fourth-order valence-corrected chi connectivity index (χ4v) is 2.04. The third kappa shape index (κ3) is 6.88. The highest BCUT2D eigenvalue weighted by Crippen LogP contribution is 2.25. The van der Waals surface area contributed by atoms with E-state index in [2.05, 4.69) is 10.2 Å². The van der Waals surface area contributed by atoms with E-state index in [9.17, 15) is 5.11 Å². The molecule has 0 aliphatic heterocycles. The number of nitrogens with zero attached hydrogens (tertiary/aromatic N) is 1. The molecule has 0 heterocycles. The van der Waals surface area contributed by atoms with Gasteiger partial charge in [-0.1, -0.05) is 23.2 Å². The number of aliphatic hydroxyl groups excluding tert-OH is 1. The van der Waals surface area contributed by atoms with Gasteiger partial charge in [-0.2, -0.15) is 0 Å². The summed E-state index contributed by atoms with van der Waals surface area (Å²) in [5.74, 6) is 0. The predicted octanol–water partition coefficient (Wildman–Crippen LogP) is 2.19. The van der Waals surface area contributed by atoms with Crippen LogP contribution in [-0.2, 0) is 4.74 Å². The van der Waals surface area contributed by atoms with Crippen LogP contribution in [0.1, 0.15) is 11.7 Å². The summed E-state index contributed by atoms with van der Waals surface area (Å²) in [4.78, 5) is 2.07. The lowest BCUT2D eigenvalue weighted by Crippen LogP contribution is -2.26. The average Bonchev–Trinajstić information content (AvgIpc) is 2.39. The maximum atomic E-state index is 10.0. The molecule has 0 fully saturated rings. The van der Waals surface area contributed by atoms with Gasteiger partial charge < -0.3 is 20.1 Å². The zero-order chi connectivity index (χ0) is 15.0. The van der Waals surface area contributed by atoms with Gasteiger partial charge in [-0.15, -0.1) is 0 Å². The van der Waals surface area contributed by atoms with Crippen molar-refractivity contribution in [2.75, 3.05) is 46.9 Å². The minimum atomic E-state index is -0.678. The third-order valence-electron chi connectivity index (χ3n) is 2.76. The highest BCUT2D eigenvalue weighted by molar-refractivity contribution is 6.33. The Balaban J connectivity index is 2.20. The molecule has 1 unspecified atom stereocenters. The molecular formula is C14H22Cl2N2O2. The van der Waals surface area contributed by atoms with Crippen molar-refractivity contribution < 1.29 is 9.84 Å². The Morgan fingerprint density at radius 2 is 2.05 bits per heavy atom. The summed E-state index contributed by atoms with van der Waals surface area (Å²) in [7, 11) is 4.01. The minimum absolute atomic E-state index is 0.414. The monoisotopic (exact) mass is 320 g/mol. The van der Waals surface area contributed by atoms with Crippen LogP contribution in [0.15, 0.2) is 18.2 Å². The number of ether oxygens (including phenoxy) is 1. The van der Waals surface area contributed by atoms with Gasteiger partial charge in [0, 0.05) is 35.2 Å². The molecule has 0 aliphatic carbocycles. The number of halogens is 2. The second kappa shape index (κ2) is 9.55. The summed E-state index contributed by atoms with van der Waals surface area (Å²) >= 11 is 11.9. The van der Waals surface area contributed by atoms with Crippen LogP contribution in [0.5, 0.6) is 0 Å². The lowest BCUT2D eigenvalue weighted by molar-refractivity contribution is 0.114. The molecule has 20 heavy (non-hydrogen) atoms. The van der Waals surface area contributed by atoms with Crippen LogP contribution in [-0.4, -0.2) is 56.9 Å². The molecule has 0 aliphatic rings. The fraction of sp³-hybridized carbons (Fsp3) is 0.571. The smallest absolute Gasteiger partial charge is 0.0929 e. The van der Waals surface area contributed by atoms with Gasteiger partial charge in [0.05, 0.1) is 19.3 Å². The third-order valence-corrected chi connectivity index (χ3v) is 3.34. The van der Waals surface area contributed by atoms with Gasteiger partial charge >= 0.3 is 0 Å². The van der Waals surface area contributed by atoms with E-state index in [1.54, 1.807) is 18.2 Å². The van der Waals surface area contributed by atoms with Crippen molar-refractivity contribution >= 4 is 23.2 Å². The second-order valence-corrected chi connectivity index (χ2v) is 5.65. The topological polar surface area (TPSA) is 44.7 Å². The van der Waals surface area contributed by atoms with Crippen LogP contribution in [0, 0.1) is 0 Å². The average molecular weight is 321 g/mol. The highest BCUT2D eigenvalue weighted by atomic mass is 35.5. The summed E-state index contributed by atoms with van der Waals surface area (Å²) in [6.45, 7) is 3.32. The summed E-state index contributed by atoms with van der Waals surface area (Å²) < 4.78 is 5.44. The first-order valence-electron chi connectivity index (χ1n) is 6.57. The van der Waals surface area contributed by atoms with E-state index in [4.69, 9.17) is 27.9 Å². The lowest BCUT2D eigenvalue weighted by Gasteiger charge is -2.14. The second-order valence-electron chi connectivity index (χ2n) is 4.80. The Bertz CT molecular complexity index is 403. The molecule has 1 atom stereocenters. The maximum absolute atomic E-state index is 10.0. The largest absolute Gasteiger partial charge is 0.387 e. The number of rotatable bonds is 9. The van der Waals surface area contributed by atoms with Crippen LogP contribution in [0.2, 0.25) is 10.0 Å². The van der Waals surface area contributed by atoms with Crippen molar-refractivity contribution in [1.29, 1.82) is 0 Å². The molecule has 0 spiro atoms. The Hall–Kier alpha value is -0.360. The molecule has 2 N–H and O–H groups in total. The molecular weight excluding hydrogens is 299 g/mol. The van der Waals surface area contributed by atoms with Crippen LogP contribution in [0.4, 0.5) is 0 Å². The number of likely N-dealkylation sites (N-methyl/N-ethyl adjacent to an activating group) is 1. The number of nitrogens with one attached hydrogen (secondary N) is 1. The minimum Gasteiger partial charge on any atom is -0.387 e. The van der Waals surface area contributed by atoms with Crippen molar-refractivity contribution in [3.8, 4) is 0 Å². The van der Waals surface area contributed by atoms with Crippen molar-refractivity contribution in [2.24, 2.45) is 0 Å². The highest BCUT2D eigenvalue weighted by Gasteiger charge is 2.11. The van der Waals surface area contributed by atoms with Crippen molar-refractivity contribution in [3.05, 3.63) is 33.8 Å². The molecule has 0 amide bonds. The van der Waals surface area contributed by atoms with E-state index in [1.165, 1.54) is 0 Å². The van der Waals surface area contributed by atoms with Crippen LogP contribution in [0.3, 0.4) is 0 Å². The molecule has 0 bridgehead atoms. The Labute approximate surface area is 130 Å². The van der Waals surface area contributed by atoms with Gasteiger partial charge in [0.15, 0.2) is 0 Å². The Morgan fingerprint density at radius 1 is 1.30 bits per heavy atom. The van der Waals surface area contributed by atoms with E-state index in [1.807, 2.05) is 14.1 Å². The molecule has 0 radical (unpaired) electrons. The number of hydrogen-bond acceptors (Lipinski definition) is 4. The molecule has 4 nitrogen and oxygen atoms in total. The Kier molecular flexibility index (Phi) is 8.45. The van der Waals surface area contributed by atoms with E-state index in [0.717, 1.165) is 6.54 Å². The lowest BCUT2D eigenvalue weighted by atomic mass is 10.1. The summed E-state index contributed by atoms with van der Waals surface area (Å²) in [6, 6.07) is 5.07. The van der Waals surface area contributed by atoms with Crippen molar-refractivity contribution in [3.63, 3.8) is 0 Å². The molecule has 0 saturated carbocycles. The first kappa shape index (κ1) is 17.7. The fourth-order valence-electron chi connectivity index (χ4n) is 1.61. The zero-order valence-corrected chi connectivity index (χ0v) is 13.4. The Morgan fingerprint density at radius 3 is 2.75 bits per heavy atom. The van der Waals surface area contributed by atoms with Crippen LogP contribution < -0.4 is 5.32 Å². The zero-order valence-electron chi connectivity index (χ0n) is 11.9. The van der Waals surface area contributed by atoms with Crippen molar-refractivity contribution in [1.82, 2.24) is 10.2 Å². The first-order chi connectivity index (χ1) is 9.50. The van der Waals surface area contributed by atoms with Gasteiger partial charge in [0.2, 0.25) is 0 Å². The van der Waals surface area contributed by atoms with E-state index in [0.29, 0.717) is 41.9 Å². The maximum Gasteiger partial charge on any atom is 0.0929 e. The predicted molar refractivity (Wildman–Crippen MR) is 83.7 cm³/mol. The normalized spacial score (nSPS) is 12.9. The molecule has 114 valence electrons. The van der Waals surface area contributed by atoms with Gasteiger partial charge in [-0.05, 0) is 32.3 Å². The summed E-state index contributed by atoms with van der Waals surface area (Å²) in [5.41, 5.74) is 0.639. The molecule has 1 rings (SSSR count). The standard InChI is InChI=1S/C14H22Cl2N2O2/c1-18(2)6-8-20-7-5-17-10-14(19)12-9-11(15)3-4-13(12)16/h3-4,9,14,17,19H,5-8,10H2,1-2H3. The van der Waals surface area contributed by atoms with Gasteiger partial charge in [0.1, 0.15) is 0 Å². The van der Waals surface area contributed by atoms with Gasteiger partial charge in [0.25, 0.3) is 0 Å². The molecule has 1 aromatic rings. The summed E-state index contributed by atoms with van der Waals surface area (Å²) in [6.07, 6.45) is -0.678. The van der Waals surface area contributed by atoms with E-state index in [-0.39, 0.29) is 0 Å².